The summed E-state index contributed by atoms with van der Waals surface area (Å²) in [6.45, 7) is 3.38. The zero-order chi connectivity index (χ0) is 25.6. The molecule has 6 heteroatoms. The van der Waals surface area contributed by atoms with Gasteiger partial charge in [-0.05, 0) is 105 Å². The Kier molecular flexibility index (Phi) is 6.23. The van der Waals surface area contributed by atoms with Gasteiger partial charge in [0.25, 0.3) is 0 Å². The molecule has 3 aliphatic rings. The van der Waals surface area contributed by atoms with Gasteiger partial charge in [-0.2, -0.15) is 5.10 Å². The van der Waals surface area contributed by atoms with E-state index in [0.29, 0.717) is 5.92 Å². The Hall–Kier alpha value is -3.25. The van der Waals surface area contributed by atoms with Gasteiger partial charge in [-0.1, -0.05) is 42.8 Å². The second-order valence-electron chi connectivity index (χ2n) is 11.3. The van der Waals surface area contributed by atoms with Crippen LogP contribution in [0.4, 0.5) is 4.39 Å². The van der Waals surface area contributed by atoms with E-state index in [1.54, 1.807) is 12.1 Å². The highest BCUT2D eigenvalue weighted by Crippen LogP contribution is 2.55. The predicted octanol–water partition coefficient (Wildman–Crippen LogP) is 5.71. The summed E-state index contributed by atoms with van der Waals surface area (Å²) in [5.41, 5.74) is 5.89. The van der Waals surface area contributed by atoms with Crippen LogP contribution in [0.3, 0.4) is 0 Å². The molecule has 2 heterocycles. The summed E-state index contributed by atoms with van der Waals surface area (Å²) < 4.78 is 15.4. The molecule has 2 aromatic carbocycles. The molecule has 192 valence electrons. The summed E-state index contributed by atoms with van der Waals surface area (Å²) >= 11 is 0. The lowest BCUT2D eigenvalue weighted by Gasteiger charge is -2.38. The normalized spacial score (nSPS) is 25.9. The first-order valence-electron chi connectivity index (χ1n) is 13.5. The largest absolute Gasteiger partial charge is 0.348 e. The first-order chi connectivity index (χ1) is 17.9. The molecule has 4 atom stereocenters. The van der Waals surface area contributed by atoms with Crippen molar-refractivity contribution < 1.29 is 9.18 Å². The smallest absolute Gasteiger partial charge is 0.237 e. The van der Waals surface area contributed by atoms with Crippen molar-refractivity contribution in [2.45, 2.75) is 57.5 Å². The van der Waals surface area contributed by atoms with Crippen LogP contribution in [-0.2, 0) is 11.2 Å². The van der Waals surface area contributed by atoms with Gasteiger partial charge in [0.05, 0.1) is 29.7 Å². The molecule has 5 nitrogen and oxygen atoms in total. The van der Waals surface area contributed by atoms with E-state index in [9.17, 15) is 9.18 Å². The molecule has 6 rings (SSSR count). The van der Waals surface area contributed by atoms with Gasteiger partial charge in [-0.25, -0.2) is 9.07 Å². The number of nitrogens with one attached hydrogen (secondary N) is 1. The van der Waals surface area contributed by atoms with Gasteiger partial charge in [-0.15, -0.1) is 0 Å². The van der Waals surface area contributed by atoms with Crippen molar-refractivity contribution in [3.05, 3.63) is 89.0 Å². The highest BCUT2D eigenvalue weighted by molar-refractivity contribution is 5.82. The average Bonchev–Trinajstić information content (AvgIpc) is 3.60. The van der Waals surface area contributed by atoms with Gasteiger partial charge in [0.15, 0.2) is 0 Å². The molecule has 1 saturated heterocycles. The maximum absolute atomic E-state index is 13.5. The number of likely N-dealkylation sites (tertiary alicyclic amines) is 1. The number of nitrogens with zero attached hydrogens (tertiary/aromatic N) is 3. The molecule has 0 spiro atoms. The second kappa shape index (κ2) is 9.56. The minimum Gasteiger partial charge on any atom is -0.348 e. The highest BCUT2D eigenvalue weighted by Gasteiger charge is 2.46. The summed E-state index contributed by atoms with van der Waals surface area (Å²) in [6, 6.07) is 16.9. The first-order valence-corrected chi connectivity index (χ1v) is 13.5. The Morgan fingerprint density at radius 1 is 1.16 bits per heavy atom. The van der Waals surface area contributed by atoms with Crippen LogP contribution in [-0.4, -0.2) is 40.2 Å². The number of hydrogen-bond acceptors (Lipinski definition) is 3. The van der Waals surface area contributed by atoms with Crippen molar-refractivity contribution in [3.8, 4) is 5.69 Å². The summed E-state index contributed by atoms with van der Waals surface area (Å²) in [6.07, 6.45) is 10.3. The van der Waals surface area contributed by atoms with Crippen molar-refractivity contribution >= 4 is 12.0 Å². The summed E-state index contributed by atoms with van der Waals surface area (Å²) in [4.78, 5) is 15.5. The number of carbonyl (C=O) groups excluding carboxylic acids is 1. The third-order valence-electron chi connectivity index (χ3n) is 9.08. The second-order valence-corrected chi connectivity index (χ2v) is 11.3. The maximum Gasteiger partial charge on any atom is 0.237 e. The summed E-state index contributed by atoms with van der Waals surface area (Å²) in [7, 11) is 2.05. The van der Waals surface area contributed by atoms with Crippen molar-refractivity contribution in [1.29, 1.82) is 0 Å². The zero-order valence-electron chi connectivity index (χ0n) is 21.7. The predicted molar refractivity (Wildman–Crippen MR) is 144 cm³/mol. The Labute approximate surface area is 218 Å². The van der Waals surface area contributed by atoms with Crippen molar-refractivity contribution in [1.82, 2.24) is 20.0 Å². The van der Waals surface area contributed by atoms with Gasteiger partial charge in [-0.3, -0.25) is 9.69 Å². The molecule has 4 unspecified atom stereocenters. The number of likely N-dealkylation sites (N-methyl/N-ethyl adjacent to an activating group) is 1. The fourth-order valence-corrected chi connectivity index (χ4v) is 6.86. The van der Waals surface area contributed by atoms with E-state index in [2.05, 4.69) is 59.6 Å². The van der Waals surface area contributed by atoms with E-state index in [1.807, 2.05) is 16.9 Å². The van der Waals surface area contributed by atoms with Crippen molar-refractivity contribution in [2.24, 2.45) is 11.3 Å². The minimum atomic E-state index is -0.242. The highest BCUT2D eigenvalue weighted by atomic mass is 19.1. The Morgan fingerprint density at radius 3 is 2.68 bits per heavy atom. The molecule has 1 aliphatic heterocycles. The summed E-state index contributed by atoms with van der Waals surface area (Å²) in [5.74, 6) is 0.362. The number of fused-ring (bicyclic) bond motifs is 2. The topological polar surface area (TPSA) is 50.2 Å². The van der Waals surface area contributed by atoms with Crippen LogP contribution in [0.5, 0.6) is 0 Å². The van der Waals surface area contributed by atoms with Gasteiger partial charge < -0.3 is 5.32 Å². The number of amides is 1. The third kappa shape index (κ3) is 4.42. The van der Waals surface area contributed by atoms with Crippen molar-refractivity contribution in [2.75, 3.05) is 13.6 Å². The fraction of sp³-hybridized carbons (Fsp3) is 0.419. The van der Waals surface area contributed by atoms with Crippen LogP contribution in [0.1, 0.15) is 61.9 Å². The van der Waals surface area contributed by atoms with E-state index in [-0.39, 0.29) is 29.2 Å². The molecule has 2 aliphatic carbocycles. The van der Waals surface area contributed by atoms with Gasteiger partial charge in [0, 0.05) is 0 Å². The van der Waals surface area contributed by atoms with Crippen LogP contribution in [0, 0.1) is 17.2 Å². The van der Waals surface area contributed by atoms with Crippen LogP contribution >= 0.6 is 0 Å². The molecule has 1 amide bonds. The van der Waals surface area contributed by atoms with E-state index in [1.165, 1.54) is 28.8 Å². The SMILES string of the molecule is CN1CCCC1C(=O)NC(CC1CCC2=Cc3c(cnn3-c3ccc(F)cc3)CC21C)c1ccccc1. The minimum absolute atomic E-state index is 0.00721. The molecule has 1 N–H and O–H groups in total. The lowest BCUT2D eigenvalue weighted by atomic mass is 9.68. The summed E-state index contributed by atoms with van der Waals surface area (Å²) in [5, 5.41) is 8.12. The number of aromatic nitrogens is 2. The van der Waals surface area contributed by atoms with Crippen LogP contribution in [0.25, 0.3) is 11.8 Å². The molecule has 37 heavy (non-hydrogen) atoms. The molecule has 0 bridgehead atoms. The Bertz CT molecular complexity index is 1310. The van der Waals surface area contributed by atoms with E-state index in [4.69, 9.17) is 0 Å². The average molecular weight is 499 g/mol. The first kappa shape index (κ1) is 24.1. The standard InChI is InChI=1S/C31H35FN4O/c1-31-19-22-20-33-36(26-14-12-25(32)13-15-26)29(22)18-24(31)11-10-23(31)17-27(21-7-4-3-5-8-21)34-30(37)28-9-6-16-35(28)2/h3-5,7-8,12-15,18,20,23,27-28H,6,9-11,16-17,19H2,1-2H3,(H,34,37). The molecule has 1 saturated carbocycles. The lowest BCUT2D eigenvalue weighted by Crippen LogP contribution is -2.43. The lowest BCUT2D eigenvalue weighted by molar-refractivity contribution is -0.126. The van der Waals surface area contributed by atoms with Crippen LogP contribution < -0.4 is 5.32 Å². The fourth-order valence-electron chi connectivity index (χ4n) is 6.86. The van der Waals surface area contributed by atoms with E-state index >= 15 is 0 Å². The maximum atomic E-state index is 13.5. The Morgan fingerprint density at radius 2 is 1.95 bits per heavy atom. The number of hydrogen-bond donors (Lipinski definition) is 1. The molecular weight excluding hydrogens is 463 g/mol. The number of rotatable bonds is 6. The number of allylic oxidation sites excluding steroid dienone is 1. The molecule has 0 radical (unpaired) electrons. The zero-order valence-corrected chi connectivity index (χ0v) is 21.7. The van der Waals surface area contributed by atoms with Crippen LogP contribution in [0.2, 0.25) is 0 Å². The van der Waals surface area contributed by atoms with E-state index in [0.717, 1.165) is 56.5 Å². The number of benzene rings is 2. The molecule has 3 aromatic rings. The van der Waals surface area contributed by atoms with Crippen LogP contribution in [0.15, 0.2) is 66.4 Å². The number of carbonyl (C=O) groups is 1. The quantitative estimate of drug-likeness (QED) is 0.474. The van der Waals surface area contributed by atoms with Crippen molar-refractivity contribution in [3.63, 3.8) is 0 Å². The van der Waals surface area contributed by atoms with E-state index < -0.39 is 0 Å². The van der Waals surface area contributed by atoms with Gasteiger partial charge in [0.2, 0.25) is 5.91 Å². The number of halogens is 1. The molecule has 1 aromatic heterocycles. The molecular formula is C31H35FN4O. The Balaban J connectivity index is 1.26. The third-order valence-corrected chi connectivity index (χ3v) is 9.08. The molecule has 2 fully saturated rings. The monoisotopic (exact) mass is 498 g/mol. The van der Waals surface area contributed by atoms with Gasteiger partial charge >= 0.3 is 0 Å². The van der Waals surface area contributed by atoms with Gasteiger partial charge in [0.1, 0.15) is 5.82 Å².